The molecule has 3 unspecified atom stereocenters. The van der Waals surface area contributed by atoms with Crippen molar-refractivity contribution < 1.29 is 135 Å². The van der Waals surface area contributed by atoms with Crippen LogP contribution in [-0.2, 0) is 66.2 Å². The van der Waals surface area contributed by atoms with Crippen LogP contribution < -0.4 is 69.3 Å². The number of quaternary nitrogens is 1. The predicted octanol–water partition coefficient (Wildman–Crippen LogP) is 11.0. The van der Waals surface area contributed by atoms with Crippen molar-refractivity contribution in [3.8, 4) is 24.7 Å². The number of aliphatic imine (C=N–C) groups is 1. The molecule has 120 heavy (non-hydrogen) atoms. The number of rotatable bonds is 27. The Bertz CT molecular complexity index is 6090. The molecule has 0 radical (unpaired) electrons. The molecule has 5 aliphatic rings. The van der Waals surface area contributed by atoms with Crippen molar-refractivity contribution in [1.29, 1.82) is 0 Å². The standard InChI is InChI=1S/C50H55ClN2O10S3.C23H21ClN2O.C20H25NO3S.2Na/c1-7-26-63-38-30-36(15-22-44-49(3,4)46-40-18-12-33(2)29-34(40)13-20-42(46)52(44)24-8-10-27-64(54,55)56)48(51)37(31-38)16-23-45-50(5,6)47-41-19-17-39(66(60,61)62)32-35(41)14-21-43(47)53(45)25-9-11-28-65(57,58)59;1-2-13-27-22-14-18(16-25-20-9-5-3-6-10-20)23(24)19(15-22)17-26-21-11-7-4-8-12-21;1-14-7-9-17-16(13-14)8-10-18-19(17)20(3,4)15(2)21(18)11-5-6-12-25(22,23)24;;/h1,12-23,29,32,38H,8-11,24-28,30-31H2,2-6H3,(H2-,54,55,56,57,58,59,60,61,62);1,3-12,16-17,22,25H,13-15H2;7-10,13H,5-6,11-12H2,1-4H3;;/q;;;2*+1/p-1/b;18-16+,26-17?;;;. The van der Waals surface area contributed by atoms with Crippen LogP contribution in [0.5, 0.6) is 0 Å². The predicted molar refractivity (Wildman–Crippen MR) is 470 cm³/mol. The van der Waals surface area contributed by atoms with E-state index in [1.165, 1.54) is 45.4 Å². The number of hydrogen-bond acceptors (Lipinski definition) is 16. The summed E-state index contributed by atoms with van der Waals surface area (Å²) in [5, 5.41) is 10.7. The van der Waals surface area contributed by atoms with Gasteiger partial charge in [0.2, 0.25) is 11.4 Å². The van der Waals surface area contributed by atoms with Gasteiger partial charge in [-0.3, -0.25) is 9.89 Å². The van der Waals surface area contributed by atoms with Gasteiger partial charge in [-0.1, -0.05) is 137 Å². The quantitative estimate of drug-likeness (QED) is 0.0121. The molecule has 3 aliphatic heterocycles. The smallest absolute Gasteiger partial charge is 0.748 e. The van der Waals surface area contributed by atoms with Crippen LogP contribution in [-0.4, -0.2) is 141 Å². The van der Waals surface area contributed by atoms with E-state index in [0.717, 1.165) is 101 Å². The fourth-order valence-corrected chi connectivity index (χ4v) is 19.5. The number of nitrogens with zero attached hydrogens (tertiary/aromatic N) is 3. The third kappa shape index (κ3) is 23.9. The van der Waals surface area contributed by atoms with Gasteiger partial charge in [-0.2, -0.15) is 9.15 Å². The van der Waals surface area contributed by atoms with Crippen molar-refractivity contribution in [2.75, 3.05) is 55.4 Å². The molecule has 0 amide bonds. The van der Waals surface area contributed by atoms with Crippen LogP contribution in [0, 0.1) is 38.5 Å². The van der Waals surface area contributed by atoms with Crippen LogP contribution in [0.3, 0.4) is 0 Å². The van der Waals surface area contributed by atoms with Crippen molar-refractivity contribution in [1.82, 2.24) is 0 Å². The van der Waals surface area contributed by atoms with Gasteiger partial charge >= 0.3 is 59.1 Å². The summed E-state index contributed by atoms with van der Waals surface area (Å²) >= 11 is 14.0. The zero-order valence-electron chi connectivity index (χ0n) is 69.9. The zero-order chi connectivity index (χ0) is 85.3. The molecule has 0 fully saturated rings. The molecule has 27 heteroatoms. The second kappa shape index (κ2) is 41.2. The van der Waals surface area contributed by atoms with E-state index in [0.29, 0.717) is 79.9 Å². The summed E-state index contributed by atoms with van der Waals surface area (Å²) in [7, 11) is -17.6. The molecule has 3 heterocycles. The average molecular weight is 1760 g/mol. The van der Waals surface area contributed by atoms with Gasteiger partial charge in [-0.15, -0.1) is 12.8 Å². The molecule has 0 bridgehead atoms. The normalized spacial score (nSPS) is 19.1. The first-order chi connectivity index (χ1) is 55.8. The molecule has 8 aromatic rings. The van der Waals surface area contributed by atoms with Gasteiger partial charge in [-0.25, -0.2) is 33.7 Å². The van der Waals surface area contributed by atoms with Crippen molar-refractivity contribution in [3.05, 3.63) is 248 Å². The molecular formula is C93H100Cl2N5Na2O14S4+. The van der Waals surface area contributed by atoms with Crippen molar-refractivity contribution in [3.63, 3.8) is 0 Å². The minimum absolute atomic E-state index is 0. The zero-order valence-corrected chi connectivity index (χ0v) is 78.7. The van der Waals surface area contributed by atoms with Crippen LogP contribution >= 0.6 is 23.2 Å². The van der Waals surface area contributed by atoms with Gasteiger partial charge in [0.25, 0.3) is 0 Å². The van der Waals surface area contributed by atoms with E-state index in [2.05, 4.69) is 160 Å². The molecular weight excluding hydrogens is 1660 g/mol. The summed E-state index contributed by atoms with van der Waals surface area (Å²) in [6, 6.07) is 49.2. The molecule has 13 rings (SSSR count). The van der Waals surface area contributed by atoms with Crippen LogP contribution in [0.2, 0.25) is 0 Å². The molecule has 0 spiro atoms. The van der Waals surface area contributed by atoms with Gasteiger partial charge in [0, 0.05) is 127 Å². The second-order valence-corrected chi connectivity index (χ2v) is 38.8. The van der Waals surface area contributed by atoms with Crippen molar-refractivity contribution >= 4 is 142 Å². The SMILES string of the molecule is C#CCOC1CC(/C=C/C2=[N+](CCCCS(=O)(=O)[O-])c3ccc4cc(C)ccc4c3C2(C)C)=C(Cl)C(=C/C=C2/[NH+](CCCCS(=O)(=O)[O-])c3ccc4cc(S(=O)(=O)[O-])ccc4c3C2(C)C)/C1.C#CCOC1CC(C=Nc2ccccc2)=C(Cl)/C(=C/Nc2ccccc2)C1.CC1=[N+](CCCCS(=O)(=O)[O-])c2ccc3cc(C)ccc3c2C1(C)C.[Na+].[Na+]. The van der Waals surface area contributed by atoms with E-state index in [-0.39, 0.29) is 113 Å². The Kier molecular flexibility index (Phi) is 33.3. The van der Waals surface area contributed by atoms with Crippen molar-refractivity contribution in [2.24, 2.45) is 4.99 Å². The number of terminal acetylenes is 2. The summed E-state index contributed by atoms with van der Waals surface area (Å²) in [5.74, 6) is 3.90. The molecule has 0 saturated carbocycles. The summed E-state index contributed by atoms with van der Waals surface area (Å²) in [6.45, 7) is 21.3. The number of benzene rings is 8. The number of nitrogens with one attached hydrogen (secondary N) is 2. The summed E-state index contributed by atoms with van der Waals surface area (Å²) in [5.41, 5.74) is 16.3. The average Bonchev–Trinajstić information content (AvgIpc) is 1.58. The number of ether oxygens (including phenoxy) is 2. The molecule has 2 N–H and O–H groups in total. The maximum absolute atomic E-state index is 11.9. The third-order valence-electron chi connectivity index (χ3n) is 22.7. The number of halogens is 2. The van der Waals surface area contributed by atoms with Gasteiger partial charge < -0.3 is 33.0 Å². The number of aryl methyl sites for hydroxylation is 2. The Balaban J connectivity index is 0.000000247. The van der Waals surface area contributed by atoms with E-state index in [4.69, 9.17) is 45.5 Å². The molecule has 0 aromatic heterocycles. The molecule has 620 valence electrons. The monoisotopic (exact) mass is 1750 g/mol. The Morgan fingerprint density at radius 3 is 1.57 bits per heavy atom. The van der Waals surface area contributed by atoms with Crippen LogP contribution in [0.4, 0.5) is 28.4 Å². The van der Waals surface area contributed by atoms with Crippen LogP contribution in [0.15, 0.2) is 230 Å². The van der Waals surface area contributed by atoms with Gasteiger partial charge in [0.05, 0.1) is 81.0 Å². The van der Waals surface area contributed by atoms with E-state index in [1.807, 2.05) is 97.4 Å². The Morgan fingerprint density at radius 2 is 1.02 bits per heavy atom. The second-order valence-electron chi connectivity index (χ2n) is 32.1. The summed E-state index contributed by atoms with van der Waals surface area (Å²) in [4.78, 5) is 5.15. The summed E-state index contributed by atoms with van der Waals surface area (Å²) < 4.78 is 154. The van der Waals surface area contributed by atoms with Gasteiger partial charge in [-0.05, 0) is 196 Å². The molecule has 0 saturated heterocycles. The maximum atomic E-state index is 11.9. The number of para-hydroxylation sites is 2. The largest absolute Gasteiger partial charge is 1.00 e. The number of unbranched alkanes of at least 4 members (excludes halogenated alkanes) is 3. The number of hydrogen-bond donors (Lipinski definition) is 2. The number of anilines is 1. The summed E-state index contributed by atoms with van der Waals surface area (Å²) in [6.07, 6.45) is 27.2. The first-order valence-electron chi connectivity index (χ1n) is 39.4. The van der Waals surface area contributed by atoms with Gasteiger partial charge in [0.15, 0.2) is 11.4 Å². The topological polar surface area (TPSA) is 282 Å². The van der Waals surface area contributed by atoms with E-state index >= 15 is 0 Å². The number of fused-ring (bicyclic) bond motifs is 9. The Morgan fingerprint density at radius 1 is 0.533 bits per heavy atom. The maximum Gasteiger partial charge on any atom is 1.00 e. The van der Waals surface area contributed by atoms with E-state index in [9.17, 15) is 51.9 Å². The van der Waals surface area contributed by atoms with Crippen molar-refractivity contribution in [2.45, 2.75) is 160 Å². The Hall–Kier alpha value is -6.99. The number of allylic oxidation sites excluding steroid dienone is 7. The first-order valence-corrected chi connectivity index (χ1v) is 46.3. The molecule has 19 nitrogen and oxygen atoms in total. The fourth-order valence-electron chi connectivity index (χ4n) is 16.8. The molecule has 3 atom stereocenters. The Labute approximate surface area is 762 Å². The van der Waals surface area contributed by atoms with Crippen LogP contribution in [0.25, 0.3) is 32.3 Å². The minimum Gasteiger partial charge on any atom is -0.748 e. The van der Waals surface area contributed by atoms with E-state index < -0.39 is 62.8 Å². The van der Waals surface area contributed by atoms with E-state index in [1.54, 1.807) is 12.1 Å². The molecule has 2 aliphatic carbocycles. The van der Waals surface area contributed by atoms with Crippen LogP contribution in [0.1, 0.15) is 140 Å². The minimum atomic E-state index is -4.70. The first kappa shape index (κ1) is 96.8. The third-order valence-corrected chi connectivity index (χ3v) is 26.8. The fraction of sp³-hybridized carbons (Fsp3) is 0.344. The molecule has 8 aromatic carbocycles. The van der Waals surface area contributed by atoms with Gasteiger partial charge in [0.1, 0.15) is 47.8 Å².